The lowest BCUT2D eigenvalue weighted by atomic mass is 10.1. The molecule has 1 saturated heterocycles. The molecule has 0 amide bonds. The zero-order valence-electron chi connectivity index (χ0n) is 17.6. The lowest BCUT2D eigenvalue weighted by molar-refractivity contribution is 0.0901. The van der Waals surface area contributed by atoms with E-state index < -0.39 is 10.0 Å². The first-order chi connectivity index (χ1) is 14.3. The normalized spacial score (nSPS) is 17.8. The summed E-state index contributed by atoms with van der Waals surface area (Å²) in [6.07, 6.45) is 0. The van der Waals surface area contributed by atoms with E-state index in [0.717, 1.165) is 17.0 Å². The maximum absolute atomic E-state index is 13.0. The lowest BCUT2D eigenvalue weighted by Crippen LogP contribution is -2.49. The summed E-state index contributed by atoms with van der Waals surface area (Å²) in [6, 6.07) is 6.64. The maximum atomic E-state index is 13.0. The Bertz CT molecular complexity index is 1070. The van der Waals surface area contributed by atoms with Crippen LogP contribution in [0.3, 0.4) is 0 Å². The van der Waals surface area contributed by atoms with Gasteiger partial charge >= 0.3 is 0 Å². The van der Waals surface area contributed by atoms with E-state index in [1.165, 1.54) is 10.4 Å². The molecule has 0 bridgehead atoms. The van der Waals surface area contributed by atoms with Gasteiger partial charge in [-0.15, -0.1) is 0 Å². The number of hydrogen-bond donors (Lipinski definition) is 0. The first-order valence-corrected chi connectivity index (χ1v) is 11.5. The summed E-state index contributed by atoms with van der Waals surface area (Å²) in [7, 11) is -1.68. The number of benzene rings is 1. The third-order valence-corrected chi connectivity index (χ3v) is 7.82. The Labute approximate surface area is 177 Å². The van der Waals surface area contributed by atoms with Gasteiger partial charge in [0.25, 0.3) is 0 Å². The van der Waals surface area contributed by atoms with Gasteiger partial charge in [-0.25, -0.2) is 8.42 Å². The number of carbonyl (C=O) groups is 1. The van der Waals surface area contributed by atoms with Crippen molar-refractivity contribution in [2.24, 2.45) is 7.05 Å². The molecule has 0 aliphatic carbocycles. The summed E-state index contributed by atoms with van der Waals surface area (Å²) < 4.78 is 40.6. The topological polar surface area (TPSA) is 81.1 Å². The number of carbonyl (C=O) groups excluding carboxylic acids is 1. The van der Waals surface area contributed by atoms with Gasteiger partial charge in [0.15, 0.2) is 17.3 Å². The minimum atomic E-state index is -3.63. The minimum absolute atomic E-state index is 0.0688. The highest BCUT2D eigenvalue weighted by Crippen LogP contribution is 2.33. The summed E-state index contributed by atoms with van der Waals surface area (Å²) in [5, 5.41) is 0. The van der Waals surface area contributed by atoms with Crippen molar-refractivity contribution in [1.82, 2.24) is 13.8 Å². The predicted octanol–water partition coefficient (Wildman–Crippen LogP) is 1.60. The molecule has 3 heterocycles. The van der Waals surface area contributed by atoms with Crippen LogP contribution in [0, 0.1) is 13.8 Å². The smallest absolute Gasteiger partial charge is 0.243 e. The Hall–Kier alpha value is -2.36. The van der Waals surface area contributed by atoms with Gasteiger partial charge in [-0.2, -0.15) is 4.31 Å². The maximum Gasteiger partial charge on any atom is 0.243 e. The molecule has 1 aromatic heterocycles. The van der Waals surface area contributed by atoms with Gasteiger partial charge < -0.3 is 14.0 Å². The molecule has 0 saturated carbocycles. The average molecular weight is 434 g/mol. The van der Waals surface area contributed by atoms with E-state index in [1.807, 2.05) is 36.4 Å². The van der Waals surface area contributed by atoms with Crippen LogP contribution >= 0.6 is 0 Å². The van der Waals surface area contributed by atoms with Crippen molar-refractivity contribution in [3.8, 4) is 11.5 Å². The number of fused-ring (bicyclic) bond motifs is 1. The Kier molecular flexibility index (Phi) is 5.61. The standard InChI is InChI=1S/C21H27N3O5S/c1-15-12-18(16(2)22(15)3)19(25)14-23-6-8-24(9-7-23)30(26,27)17-4-5-20-21(13-17)29-11-10-28-20/h4-5,12-13H,6-11,14H2,1-3H3. The van der Waals surface area contributed by atoms with E-state index in [2.05, 4.69) is 0 Å². The second-order valence-electron chi connectivity index (χ2n) is 7.75. The van der Waals surface area contributed by atoms with Gasteiger partial charge in [0.1, 0.15) is 13.2 Å². The minimum Gasteiger partial charge on any atom is -0.486 e. The second-order valence-corrected chi connectivity index (χ2v) is 9.69. The number of aromatic nitrogens is 1. The molecule has 0 spiro atoms. The molecule has 2 aliphatic rings. The summed E-state index contributed by atoms with van der Waals surface area (Å²) in [4.78, 5) is 14.9. The zero-order valence-corrected chi connectivity index (χ0v) is 18.4. The fourth-order valence-electron chi connectivity index (χ4n) is 3.89. The summed E-state index contributed by atoms with van der Waals surface area (Å²) in [5.41, 5.74) is 2.74. The Morgan fingerprint density at radius 2 is 1.67 bits per heavy atom. The van der Waals surface area contributed by atoms with Crippen LogP contribution < -0.4 is 9.47 Å². The molecule has 0 radical (unpaired) electrons. The Balaban J connectivity index is 1.40. The molecular formula is C21H27N3O5S. The SMILES string of the molecule is Cc1cc(C(=O)CN2CCN(S(=O)(=O)c3ccc4c(c3)OCCO4)CC2)c(C)n1C. The molecule has 30 heavy (non-hydrogen) atoms. The Morgan fingerprint density at radius 1 is 1.00 bits per heavy atom. The number of sulfonamides is 1. The number of rotatable bonds is 5. The molecule has 0 N–H and O–H groups in total. The van der Waals surface area contributed by atoms with Gasteiger partial charge in [-0.1, -0.05) is 0 Å². The lowest BCUT2D eigenvalue weighted by Gasteiger charge is -2.33. The van der Waals surface area contributed by atoms with Crippen molar-refractivity contribution in [1.29, 1.82) is 0 Å². The van der Waals surface area contributed by atoms with Crippen molar-refractivity contribution >= 4 is 15.8 Å². The summed E-state index contributed by atoms with van der Waals surface area (Å²) in [5.74, 6) is 1.09. The molecule has 8 nitrogen and oxygen atoms in total. The molecule has 1 fully saturated rings. The monoisotopic (exact) mass is 433 g/mol. The molecule has 2 aromatic rings. The van der Waals surface area contributed by atoms with Crippen LogP contribution in [0.15, 0.2) is 29.2 Å². The molecule has 1 aromatic carbocycles. The second kappa shape index (κ2) is 8.05. The average Bonchev–Trinajstić information content (AvgIpc) is 3.01. The van der Waals surface area contributed by atoms with E-state index >= 15 is 0 Å². The number of ketones is 1. The molecule has 0 atom stereocenters. The van der Waals surface area contributed by atoms with E-state index in [4.69, 9.17) is 9.47 Å². The fraction of sp³-hybridized carbons (Fsp3) is 0.476. The van der Waals surface area contributed by atoms with Gasteiger partial charge in [-0.05, 0) is 32.0 Å². The fourth-order valence-corrected chi connectivity index (χ4v) is 5.33. The highest BCUT2D eigenvalue weighted by molar-refractivity contribution is 7.89. The van der Waals surface area contributed by atoms with Gasteiger partial charge in [0.05, 0.1) is 11.4 Å². The van der Waals surface area contributed by atoms with Crippen LogP contribution in [0.5, 0.6) is 11.5 Å². The number of Topliss-reactive ketones (excluding diaryl/α,β-unsaturated/α-hetero) is 1. The summed E-state index contributed by atoms with van der Waals surface area (Å²) in [6.45, 7) is 6.80. The molecule has 2 aliphatic heterocycles. The van der Waals surface area contributed by atoms with Crippen molar-refractivity contribution in [2.75, 3.05) is 45.9 Å². The van der Waals surface area contributed by atoms with Crippen LogP contribution in [0.4, 0.5) is 0 Å². The number of ether oxygens (including phenoxy) is 2. The number of piperazine rings is 1. The molecule has 4 rings (SSSR count). The van der Waals surface area contributed by atoms with Crippen molar-refractivity contribution < 1.29 is 22.7 Å². The molecule has 0 unspecified atom stereocenters. The largest absolute Gasteiger partial charge is 0.486 e. The van der Waals surface area contributed by atoms with Crippen molar-refractivity contribution in [3.63, 3.8) is 0 Å². The Morgan fingerprint density at radius 3 is 2.30 bits per heavy atom. The van der Waals surface area contributed by atoms with E-state index in [0.29, 0.717) is 57.4 Å². The van der Waals surface area contributed by atoms with E-state index in [1.54, 1.807) is 12.1 Å². The first kappa shape index (κ1) is 20.9. The highest BCUT2D eigenvalue weighted by atomic mass is 32.2. The van der Waals surface area contributed by atoms with Gasteiger partial charge in [0, 0.05) is 56.2 Å². The van der Waals surface area contributed by atoms with Crippen LogP contribution in [0.25, 0.3) is 0 Å². The van der Waals surface area contributed by atoms with Crippen LogP contribution in [-0.4, -0.2) is 73.9 Å². The first-order valence-electron chi connectivity index (χ1n) is 10.1. The van der Waals surface area contributed by atoms with Crippen LogP contribution in [0.1, 0.15) is 21.7 Å². The van der Waals surface area contributed by atoms with Crippen molar-refractivity contribution in [2.45, 2.75) is 18.7 Å². The van der Waals surface area contributed by atoms with Crippen molar-refractivity contribution in [3.05, 3.63) is 41.2 Å². The summed E-state index contributed by atoms with van der Waals surface area (Å²) >= 11 is 0. The molecule has 9 heteroatoms. The third kappa shape index (κ3) is 3.84. The molecular weight excluding hydrogens is 406 g/mol. The van der Waals surface area contributed by atoms with Crippen LogP contribution in [0.2, 0.25) is 0 Å². The zero-order chi connectivity index (χ0) is 21.5. The van der Waals surface area contributed by atoms with Gasteiger partial charge in [0.2, 0.25) is 10.0 Å². The number of aryl methyl sites for hydroxylation is 1. The molecule has 162 valence electrons. The third-order valence-electron chi connectivity index (χ3n) is 5.93. The number of nitrogens with zero attached hydrogens (tertiary/aromatic N) is 3. The number of hydrogen-bond acceptors (Lipinski definition) is 6. The van der Waals surface area contributed by atoms with Crippen LogP contribution in [-0.2, 0) is 17.1 Å². The van der Waals surface area contributed by atoms with E-state index in [9.17, 15) is 13.2 Å². The van der Waals surface area contributed by atoms with E-state index in [-0.39, 0.29) is 10.7 Å². The predicted molar refractivity (Wildman–Crippen MR) is 112 cm³/mol. The van der Waals surface area contributed by atoms with Gasteiger partial charge in [-0.3, -0.25) is 9.69 Å². The highest BCUT2D eigenvalue weighted by Gasteiger charge is 2.30. The quantitative estimate of drug-likeness (QED) is 0.667.